The fourth-order valence-electron chi connectivity index (χ4n) is 3.48. The minimum atomic E-state index is -1.04. The van der Waals surface area contributed by atoms with Crippen LogP contribution in [-0.4, -0.2) is 37.0 Å². The van der Waals surface area contributed by atoms with E-state index in [0.717, 1.165) is 5.56 Å². The predicted octanol–water partition coefficient (Wildman–Crippen LogP) is 2.81. The average Bonchev–Trinajstić information content (AvgIpc) is 2.71. The quantitative estimate of drug-likeness (QED) is 0.780. The van der Waals surface area contributed by atoms with Crippen molar-refractivity contribution < 1.29 is 23.9 Å². The molecular formula is C21H19ClN2O5. The molecule has 0 fully saturated rings. The number of anilines is 2. The van der Waals surface area contributed by atoms with Crippen molar-refractivity contribution in [3.8, 4) is 5.75 Å². The zero-order valence-electron chi connectivity index (χ0n) is 15.7. The first kappa shape index (κ1) is 19.3. The number of para-hydroxylation sites is 2. The average molecular weight is 415 g/mol. The molecule has 4 rings (SSSR count). The van der Waals surface area contributed by atoms with Crippen LogP contribution in [0.1, 0.15) is 12.5 Å². The highest BCUT2D eigenvalue weighted by Crippen LogP contribution is 2.31. The molecule has 0 saturated heterocycles. The monoisotopic (exact) mass is 414 g/mol. The van der Waals surface area contributed by atoms with E-state index < -0.39 is 23.9 Å². The molecule has 0 saturated carbocycles. The molecule has 29 heavy (non-hydrogen) atoms. The summed E-state index contributed by atoms with van der Waals surface area (Å²) in [5, 5.41) is 3.28. The van der Waals surface area contributed by atoms with Crippen LogP contribution >= 0.6 is 11.6 Å². The zero-order valence-corrected chi connectivity index (χ0v) is 16.4. The molecule has 1 N–H and O–H groups in total. The highest BCUT2D eigenvalue weighted by atomic mass is 35.5. The number of ether oxygens (including phenoxy) is 2. The molecule has 2 heterocycles. The van der Waals surface area contributed by atoms with Gasteiger partial charge in [0.25, 0.3) is 5.91 Å². The maximum Gasteiger partial charge on any atom is 0.313 e. The van der Waals surface area contributed by atoms with Crippen molar-refractivity contribution in [2.45, 2.75) is 19.4 Å². The van der Waals surface area contributed by atoms with E-state index in [2.05, 4.69) is 5.32 Å². The molecule has 2 aliphatic rings. The van der Waals surface area contributed by atoms with Crippen LogP contribution in [0, 0.1) is 5.92 Å². The van der Waals surface area contributed by atoms with Crippen LogP contribution in [0.4, 0.5) is 11.4 Å². The summed E-state index contributed by atoms with van der Waals surface area (Å²) in [6, 6.07) is 12.2. The lowest BCUT2D eigenvalue weighted by atomic mass is 9.97. The van der Waals surface area contributed by atoms with E-state index in [1.54, 1.807) is 42.5 Å². The maximum absolute atomic E-state index is 12.9. The molecule has 0 bridgehead atoms. The van der Waals surface area contributed by atoms with E-state index in [1.165, 1.54) is 11.8 Å². The number of benzene rings is 2. The van der Waals surface area contributed by atoms with Gasteiger partial charge in [0.05, 0.1) is 17.3 Å². The highest BCUT2D eigenvalue weighted by Gasteiger charge is 2.34. The normalized spacial score (nSPS) is 18.6. The van der Waals surface area contributed by atoms with Gasteiger partial charge in [-0.15, -0.1) is 0 Å². The minimum absolute atomic E-state index is 0.129. The Morgan fingerprint density at radius 1 is 1.28 bits per heavy atom. The first-order valence-electron chi connectivity index (χ1n) is 9.24. The summed E-state index contributed by atoms with van der Waals surface area (Å²) in [5.41, 5.74) is 1.95. The smallest absolute Gasteiger partial charge is 0.313 e. The third kappa shape index (κ3) is 3.91. The van der Waals surface area contributed by atoms with E-state index in [0.29, 0.717) is 28.6 Å². The van der Waals surface area contributed by atoms with Gasteiger partial charge in [-0.1, -0.05) is 23.7 Å². The number of halogens is 1. The Bertz CT molecular complexity index is 993. The molecule has 0 unspecified atom stereocenters. The van der Waals surface area contributed by atoms with Crippen LogP contribution in [0.25, 0.3) is 0 Å². The van der Waals surface area contributed by atoms with E-state index >= 15 is 0 Å². The van der Waals surface area contributed by atoms with Gasteiger partial charge in [0.15, 0.2) is 6.10 Å². The number of nitrogens with one attached hydrogen (secondary N) is 1. The third-order valence-electron chi connectivity index (χ3n) is 4.94. The Hall–Kier alpha value is -3.06. The van der Waals surface area contributed by atoms with E-state index in [-0.39, 0.29) is 19.1 Å². The summed E-state index contributed by atoms with van der Waals surface area (Å²) in [6.07, 6.45) is -0.618. The largest absolute Gasteiger partial charge is 0.492 e. The van der Waals surface area contributed by atoms with Crippen molar-refractivity contribution in [1.82, 2.24) is 0 Å². The van der Waals surface area contributed by atoms with Gasteiger partial charge in [-0.2, -0.15) is 0 Å². The number of carbonyl (C=O) groups excluding carboxylic acids is 3. The Balaban J connectivity index is 1.44. The highest BCUT2D eigenvalue weighted by molar-refractivity contribution is 6.30. The number of hydrogen-bond acceptors (Lipinski definition) is 5. The summed E-state index contributed by atoms with van der Waals surface area (Å²) in [7, 11) is 0. The van der Waals surface area contributed by atoms with Crippen molar-refractivity contribution in [3.05, 3.63) is 53.1 Å². The van der Waals surface area contributed by atoms with Gasteiger partial charge in [-0.25, -0.2) is 0 Å². The van der Waals surface area contributed by atoms with Gasteiger partial charge in [0.1, 0.15) is 18.9 Å². The topological polar surface area (TPSA) is 84.9 Å². The fourth-order valence-corrected chi connectivity index (χ4v) is 3.68. The van der Waals surface area contributed by atoms with Crippen LogP contribution in [0.5, 0.6) is 5.75 Å². The van der Waals surface area contributed by atoms with E-state index in [1.807, 2.05) is 0 Å². The van der Waals surface area contributed by atoms with Crippen molar-refractivity contribution in [2.24, 2.45) is 5.92 Å². The molecule has 8 heteroatoms. The maximum atomic E-state index is 12.9. The molecule has 2 aliphatic heterocycles. The molecule has 150 valence electrons. The summed E-state index contributed by atoms with van der Waals surface area (Å²) in [4.78, 5) is 38.8. The lowest BCUT2D eigenvalue weighted by Gasteiger charge is -2.31. The zero-order chi connectivity index (χ0) is 20.5. The van der Waals surface area contributed by atoms with E-state index in [9.17, 15) is 14.4 Å². The van der Waals surface area contributed by atoms with Crippen LogP contribution in [0.3, 0.4) is 0 Å². The standard InChI is InChI=1S/C21H19ClN2O5/c1-12(20(26)24-10-19(25)23-16-4-2-3-5-17(16)24)29-21(27)14-8-13-9-15(22)6-7-18(13)28-11-14/h2-7,9,12,14H,8,10-11H2,1H3,(H,23,25)/t12-,14+/m0/s1. The van der Waals surface area contributed by atoms with Crippen molar-refractivity contribution >= 4 is 40.8 Å². The number of rotatable bonds is 3. The van der Waals surface area contributed by atoms with E-state index in [4.69, 9.17) is 21.1 Å². The molecule has 2 atom stereocenters. The van der Waals surface area contributed by atoms with Crippen molar-refractivity contribution in [2.75, 3.05) is 23.4 Å². The van der Waals surface area contributed by atoms with Crippen molar-refractivity contribution in [3.63, 3.8) is 0 Å². The van der Waals surface area contributed by atoms with Crippen LogP contribution in [0.2, 0.25) is 5.02 Å². The van der Waals surface area contributed by atoms with Gasteiger partial charge < -0.3 is 14.8 Å². The number of hydrogen-bond donors (Lipinski definition) is 1. The van der Waals surface area contributed by atoms with Crippen LogP contribution in [0.15, 0.2) is 42.5 Å². The Kier molecular flexibility index (Phi) is 5.15. The Morgan fingerprint density at radius 3 is 2.90 bits per heavy atom. The van der Waals surface area contributed by atoms with Crippen LogP contribution < -0.4 is 15.0 Å². The lowest BCUT2D eigenvalue weighted by Crippen LogP contribution is -2.47. The molecule has 2 amide bonds. The predicted molar refractivity (Wildman–Crippen MR) is 107 cm³/mol. The molecule has 2 aromatic carbocycles. The molecule has 0 aromatic heterocycles. The third-order valence-corrected chi connectivity index (χ3v) is 5.17. The summed E-state index contributed by atoms with van der Waals surface area (Å²) in [5.74, 6) is -1.12. The summed E-state index contributed by atoms with van der Waals surface area (Å²) >= 11 is 6.01. The number of nitrogens with zero attached hydrogens (tertiary/aromatic N) is 1. The Labute approximate surface area is 172 Å². The minimum Gasteiger partial charge on any atom is -0.492 e. The SMILES string of the molecule is C[C@H](OC(=O)[C@H]1COc2ccc(Cl)cc2C1)C(=O)N1CC(=O)Nc2ccccc21. The first-order valence-corrected chi connectivity index (χ1v) is 9.62. The lowest BCUT2D eigenvalue weighted by molar-refractivity contribution is -0.159. The number of amides is 2. The molecular weight excluding hydrogens is 396 g/mol. The fraction of sp³-hybridized carbons (Fsp3) is 0.286. The second-order valence-corrected chi connectivity index (χ2v) is 7.47. The number of carbonyl (C=O) groups is 3. The number of fused-ring (bicyclic) bond motifs is 2. The molecule has 7 nitrogen and oxygen atoms in total. The second-order valence-electron chi connectivity index (χ2n) is 7.03. The summed E-state index contributed by atoms with van der Waals surface area (Å²) < 4.78 is 11.0. The molecule has 0 aliphatic carbocycles. The van der Waals surface area contributed by atoms with Gasteiger partial charge in [0, 0.05) is 5.02 Å². The number of esters is 1. The molecule has 0 radical (unpaired) electrons. The first-order chi connectivity index (χ1) is 13.9. The van der Waals surface area contributed by atoms with Crippen LogP contribution in [-0.2, 0) is 25.5 Å². The Morgan fingerprint density at radius 2 is 2.07 bits per heavy atom. The summed E-state index contributed by atoms with van der Waals surface area (Å²) in [6.45, 7) is 1.54. The van der Waals surface area contributed by atoms with Gasteiger partial charge in [0.2, 0.25) is 5.91 Å². The molecule has 2 aromatic rings. The van der Waals surface area contributed by atoms with Gasteiger partial charge in [-0.3, -0.25) is 19.3 Å². The van der Waals surface area contributed by atoms with Crippen molar-refractivity contribution in [1.29, 1.82) is 0 Å². The molecule has 0 spiro atoms. The second kappa shape index (κ2) is 7.75. The van der Waals surface area contributed by atoms with Gasteiger partial charge in [-0.05, 0) is 49.2 Å². The van der Waals surface area contributed by atoms with Gasteiger partial charge >= 0.3 is 5.97 Å².